The fourth-order valence-electron chi connectivity index (χ4n) is 10.3. The third-order valence-electron chi connectivity index (χ3n) is 12.5. The molecule has 2 heterocycles. The Morgan fingerprint density at radius 3 is 2.54 bits per heavy atom. The molecular formula is C31H46O10. The second-order valence-corrected chi connectivity index (χ2v) is 14.1. The summed E-state index contributed by atoms with van der Waals surface area (Å²) in [5, 5.41) is 33.7. The van der Waals surface area contributed by atoms with E-state index in [4.69, 9.17) is 23.7 Å². The average molecular weight is 579 g/mol. The van der Waals surface area contributed by atoms with Gasteiger partial charge in [-0.2, -0.15) is 0 Å². The molecule has 0 radical (unpaired) electrons. The summed E-state index contributed by atoms with van der Waals surface area (Å²) >= 11 is 0. The van der Waals surface area contributed by atoms with Gasteiger partial charge in [0, 0.05) is 30.9 Å². The van der Waals surface area contributed by atoms with E-state index in [1.54, 1.807) is 6.92 Å². The standard InChI is InChI=1S/C31H46O10/c1-16-25(34)27(37-4)26(35)28(40-16)41-19-7-9-29(2)18(12-19)5-6-21-20(29)8-10-30(3)24(17-11-23(33)38-14-17)22(39-15-32)13-31(21,30)36/h11,15-16,18-22,24-28,34-36H,5-10,12-14H2,1-4H3. The predicted octanol–water partition coefficient (Wildman–Crippen LogP) is 2.26. The summed E-state index contributed by atoms with van der Waals surface area (Å²) in [4.78, 5) is 23.5. The van der Waals surface area contributed by atoms with Crippen LogP contribution in [0.25, 0.3) is 0 Å². The lowest BCUT2D eigenvalue weighted by Crippen LogP contribution is -2.62. The number of rotatable bonds is 6. The minimum atomic E-state index is -1.08. The Morgan fingerprint density at radius 2 is 1.85 bits per heavy atom. The highest BCUT2D eigenvalue weighted by Crippen LogP contribution is 2.70. The van der Waals surface area contributed by atoms with Gasteiger partial charge in [0.05, 0.1) is 17.8 Å². The summed E-state index contributed by atoms with van der Waals surface area (Å²) in [5.41, 5.74) is -0.705. The molecule has 0 aromatic heterocycles. The summed E-state index contributed by atoms with van der Waals surface area (Å²) in [5.74, 6) is 0.156. The summed E-state index contributed by atoms with van der Waals surface area (Å²) in [6.45, 7) is 6.91. The van der Waals surface area contributed by atoms with Crippen molar-refractivity contribution in [3.05, 3.63) is 11.6 Å². The van der Waals surface area contributed by atoms with E-state index in [0.29, 0.717) is 24.7 Å². The molecule has 14 unspecified atom stereocenters. The molecule has 230 valence electrons. The molecule has 0 aromatic carbocycles. The molecule has 2 aliphatic heterocycles. The number of esters is 1. The third kappa shape index (κ3) is 4.42. The summed E-state index contributed by atoms with van der Waals surface area (Å²) < 4.78 is 28.4. The van der Waals surface area contributed by atoms with E-state index in [1.165, 1.54) is 13.2 Å². The number of carbonyl (C=O) groups is 2. The van der Waals surface area contributed by atoms with Crippen LogP contribution in [0.2, 0.25) is 0 Å². The van der Waals surface area contributed by atoms with Crippen molar-refractivity contribution in [2.45, 2.75) is 121 Å². The number of cyclic esters (lactones) is 1. The average Bonchev–Trinajstić information content (AvgIpc) is 3.45. The highest BCUT2D eigenvalue weighted by Gasteiger charge is 2.71. The molecule has 6 aliphatic rings. The Labute approximate surface area is 241 Å². The molecule has 4 aliphatic carbocycles. The molecule has 0 amide bonds. The Hall–Kier alpha value is -1.56. The van der Waals surface area contributed by atoms with Crippen LogP contribution in [0.4, 0.5) is 0 Å². The normalized spacial score (nSPS) is 53.0. The second kappa shape index (κ2) is 10.6. The van der Waals surface area contributed by atoms with Crippen LogP contribution >= 0.6 is 0 Å². The SMILES string of the molecule is COC1C(O)C(C)OC(OC2CCC3(C)C(CCC4C3CCC3(C)C(C5=CC(=O)OC5)C(OC=O)CC43O)C2)C1O. The van der Waals surface area contributed by atoms with Crippen LogP contribution in [0.5, 0.6) is 0 Å². The molecular weight excluding hydrogens is 532 g/mol. The summed E-state index contributed by atoms with van der Waals surface area (Å²) in [7, 11) is 1.47. The quantitative estimate of drug-likeness (QED) is 0.244. The van der Waals surface area contributed by atoms with Crippen molar-refractivity contribution in [2.24, 2.45) is 34.5 Å². The van der Waals surface area contributed by atoms with Gasteiger partial charge >= 0.3 is 5.97 Å². The van der Waals surface area contributed by atoms with Crippen molar-refractivity contribution in [1.82, 2.24) is 0 Å². The summed E-state index contributed by atoms with van der Waals surface area (Å²) in [6.07, 6.45) is 3.37. The van der Waals surface area contributed by atoms with E-state index in [0.717, 1.165) is 50.5 Å². The lowest BCUT2D eigenvalue weighted by molar-refractivity contribution is -0.313. The minimum absolute atomic E-state index is 0.0230. The number of hydrogen-bond donors (Lipinski definition) is 3. The maximum Gasteiger partial charge on any atom is 0.331 e. The molecule has 0 aromatic rings. The molecule has 10 nitrogen and oxygen atoms in total. The van der Waals surface area contributed by atoms with Gasteiger partial charge in [-0.05, 0) is 80.6 Å². The zero-order valence-electron chi connectivity index (χ0n) is 24.6. The maximum atomic E-state index is 12.6. The molecule has 6 rings (SSSR count). The molecule has 14 atom stereocenters. The summed E-state index contributed by atoms with van der Waals surface area (Å²) in [6, 6.07) is 0. The van der Waals surface area contributed by atoms with Gasteiger partial charge in [-0.15, -0.1) is 0 Å². The lowest BCUT2D eigenvalue weighted by Gasteiger charge is -2.63. The molecule has 10 heteroatoms. The van der Waals surface area contributed by atoms with Gasteiger partial charge in [0.25, 0.3) is 6.47 Å². The van der Waals surface area contributed by atoms with Crippen molar-refractivity contribution in [2.75, 3.05) is 13.7 Å². The first kappa shape index (κ1) is 29.5. The van der Waals surface area contributed by atoms with Crippen molar-refractivity contribution in [3.8, 4) is 0 Å². The van der Waals surface area contributed by atoms with E-state index < -0.39 is 47.8 Å². The van der Waals surface area contributed by atoms with E-state index in [2.05, 4.69) is 13.8 Å². The van der Waals surface area contributed by atoms with E-state index >= 15 is 0 Å². The van der Waals surface area contributed by atoms with Gasteiger partial charge < -0.3 is 39.0 Å². The van der Waals surface area contributed by atoms with Gasteiger partial charge in [-0.25, -0.2) is 4.79 Å². The van der Waals surface area contributed by atoms with Crippen LogP contribution in [0.1, 0.15) is 72.1 Å². The van der Waals surface area contributed by atoms with Gasteiger partial charge in [0.2, 0.25) is 0 Å². The predicted molar refractivity (Wildman–Crippen MR) is 144 cm³/mol. The van der Waals surface area contributed by atoms with E-state index in [9.17, 15) is 24.9 Å². The molecule has 1 saturated heterocycles. The lowest BCUT2D eigenvalue weighted by atomic mass is 9.43. The van der Waals surface area contributed by atoms with Gasteiger partial charge in [-0.1, -0.05) is 13.8 Å². The number of ether oxygens (including phenoxy) is 5. The first-order valence-electron chi connectivity index (χ1n) is 15.4. The first-order valence-corrected chi connectivity index (χ1v) is 15.4. The zero-order valence-corrected chi connectivity index (χ0v) is 24.6. The fraction of sp³-hybridized carbons (Fsp3) is 0.871. The number of hydrogen-bond acceptors (Lipinski definition) is 10. The molecule has 0 spiro atoms. The number of fused-ring (bicyclic) bond motifs is 5. The Morgan fingerprint density at radius 1 is 1.07 bits per heavy atom. The van der Waals surface area contributed by atoms with E-state index in [-0.39, 0.29) is 35.9 Å². The largest absolute Gasteiger partial charge is 0.464 e. The van der Waals surface area contributed by atoms with Crippen molar-refractivity contribution in [1.29, 1.82) is 0 Å². The Kier molecular flexibility index (Phi) is 7.60. The van der Waals surface area contributed by atoms with Crippen LogP contribution in [0, 0.1) is 34.5 Å². The van der Waals surface area contributed by atoms with Crippen molar-refractivity contribution in [3.63, 3.8) is 0 Å². The molecule has 4 saturated carbocycles. The van der Waals surface area contributed by atoms with Crippen LogP contribution in [-0.4, -0.2) is 90.0 Å². The molecule has 0 bridgehead atoms. The minimum Gasteiger partial charge on any atom is -0.464 e. The van der Waals surface area contributed by atoms with Crippen LogP contribution in [0.15, 0.2) is 11.6 Å². The van der Waals surface area contributed by atoms with Gasteiger partial charge in [-0.3, -0.25) is 4.79 Å². The van der Waals surface area contributed by atoms with Crippen molar-refractivity contribution >= 4 is 12.4 Å². The molecule has 5 fully saturated rings. The van der Waals surface area contributed by atoms with Gasteiger partial charge in [0.15, 0.2) is 6.29 Å². The third-order valence-corrected chi connectivity index (χ3v) is 12.5. The van der Waals surface area contributed by atoms with Gasteiger partial charge in [0.1, 0.15) is 31.0 Å². The first-order chi connectivity index (χ1) is 19.5. The monoisotopic (exact) mass is 578 g/mol. The fourth-order valence-corrected chi connectivity index (χ4v) is 10.3. The number of methoxy groups -OCH3 is 1. The highest BCUT2D eigenvalue weighted by molar-refractivity contribution is 5.85. The zero-order chi connectivity index (χ0) is 29.3. The number of aliphatic hydroxyl groups excluding tert-OH is 2. The van der Waals surface area contributed by atoms with Crippen molar-refractivity contribution < 1.29 is 48.6 Å². The highest BCUT2D eigenvalue weighted by atomic mass is 16.7. The molecule has 3 N–H and O–H groups in total. The topological polar surface area (TPSA) is 141 Å². The number of carbonyl (C=O) groups excluding carboxylic acids is 2. The Bertz CT molecular complexity index is 1060. The maximum absolute atomic E-state index is 12.6. The van der Waals surface area contributed by atoms with E-state index in [1.807, 2.05) is 0 Å². The smallest absolute Gasteiger partial charge is 0.331 e. The van der Waals surface area contributed by atoms with Crippen LogP contribution < -0.4 is 0 Å². The second-order valence-electron chi connectivity index (χ2n) is 14.1. The number of aliphatic hydroxyl groups is 3. The van der Waals surface area contributed by atoms with Crippen LogP contribution in [-0.2, 0) is 33.3 Å². The van der Waals surface area contributed by atoms with Crippen LogP contribution in [0.3, 0.4) is 0 Å². The Balaban J connectivity index is 1.19. The molecule has 41 heavy (non-hydrogen) atoms.